The highest BCUT2D eigenvalue weighted by atomic mass is 16.5. The molecule has 3 aromatic rings. The Kier molecular flexibility index (Phi) is 10.7. The molecule has 1 aromatic carbocycles. The number of H-pyrrole nitrogens is 2. The number of alkyl carbamates (subject to hydrolysis) is 2. The van der Waals surface area contributed by atoms with Crippen LogP contribution in [0, 0.1) is 11.8 Å². The molecule has 2 aromatic heterocycles. The number of aromatic nitrogens is 4. The molecule has 0 radical (unpaired) electrons. The van der Waals surface area contributed by atoms with E-state index in [-0.39, 0.29) is 35.7 Å². The third-order valence-electron chi connectivity index (χ3n) is 12.0. The van der Waals surface area contributed by atoms with Crippen molar-refractivity contribution in [3.05, 3.63) is 69.8 Å². The predicted octanol–water partition coefficient (Wildman–Crippen LogP) is 4.99. The molecule has 0 saturated carbocycles. The second-order valence-electron chi connectivity index (χ2n) is 16.1. The Morgan fingerprint density at radius 3 is 1.37 bits per heavy atom. The van der Waals surface area contributed by atoms with Crippen LogP contribution in [0.3, 0.4) is 0 Å². The zero-order chi connectivity index (χ0) is 38.3. The van der Waals surface area contributed by atoms with Crippen LogP contribution in [0.25, 0.3) is 0 Å². The molecule has 4 aliphatic rings. The number of carbonyl (C=O) groups is 4. The van der Waals surface area contributed by atoms with Crippen LogP contribution < -0.4 is 10.6 Å². The monoisotopic (exact) mass is 742 g/mol. The minimum absolute atomic E-state index is 0.0853. The largest absolute Gasteiger partial charge is 0.453 e. The average Bonchev–Trinajstić information content (AvgIpc) is 4.00. The molecule has 4 amide bonds. The fourth-order valence-electron chi connectivity index (χ4n) is 9.04. The third-order valence-corrected chi connectivity index (χ3v) is 12.0. The van der Waals surface area contributed by atoms with Gasteiger partial charge < -0.3 is 39.9 Å². The number of nitrogens with one attached hydrogen (secondary N) is 4. The van der Waals surface area contributed by atoms with Gasteiger partial charge in [0.05, 0.1) is 26.3 Å². The molecule has 4 unspecified atom stereocenters. The van der Waals surface area contributed by atoms with Gasteiger partial charge in [0.25, 0.3) is 0 Å². The lowest BCUT2D eigenvalue weighted by Gasteiger charge is -2.30. The summed E-state index contributed by atoms with van der Waals surface area (Å²) in [7, 11) is 2.61. The van der Waals surface area contributed by atoms with Crippen LogP contribution in [0.4, 0.5) is 9.59 Å². The van der Waals surface area contributed by atoms with Gasteiger partial charge in [0, 0.05) is 48.7 Å². The predicted molar refractivity (Wildman–Crippen MR) is 200 cm³/mol. The first-order chi connectivity index (χ1) is 25.9. The lowest BCUT2D eigenvalue weighted by molar-refractivity contribution is -0.136. The highest BCUT2D eigenvalue weighted by Gasteiger charge is 2.40. The zero-order valence-corrected chi connectivity index (χ0v) is 32.2. The third kappa shape index (κ3) is 7.31. The molecule has 4 atom stereocenters. The van der Waals surface area contributed by atoms with Crippen molar-refractivity contribution >= 4 is 24.0 Å². The fraction of sp³-hybridized carbons (Fsp3) is 0.600. The number of amides is 4. The van der Waals surface area contributed by atoms with E-state index in [4.69, 9.17) is 19.4 Å². The van der Waals surface area contributed by atoms with Crippen molar-refractivity contribution in [2.45, 2.75) is 115 Å². The molecule has 7 rings (SSSR count). The van der Waals surface area contributed by atoms with Crippen LogP contribution in [-0.2, 0) is 44.7 Å². The molecular weight excluding hydrogens is 688 g/mol. The van der Waals surface area contributed by atoms with Crippen LogP contribution in [-0.4, -0.2) is 93.1 Å². The Morgan fingerprint density at radius 1 is 0.667 bits per heavy atom. The molecule has 4 N–H and O–H groups in total. The van der Waals surface area contributed by atoms with Crippen molar-refractivity contribution < 1.29 is 28.7 Å². The Labute approximate surface area is 316 Å². The number of likely N-dealkylation sites (tertiary alicyclic amines) is 2. The molecule has 54 heavy (non-hydrogen) atoms. The van der Waals surface area contributed by atoms with Crippen molar-refractivity contribution in [1.29, 1.82) is 0 Å². The van der Waals surface area contributed by atoms with Gasteiger partial charge in [-0.05, 0) is 85.5 Å². The molecule has 4 heterocycles. The van der Waals surface area contributed by atoms with Crippen LogP contribution in [0.15, 0.2) is 24.5 Å². The second-order valence-corrected chi connectivity index (χ2v) is 16.1. The number of hydrogen-bond donors (Lipinski definition) is 4. The first-order valence-corrected chi connectivity index (χ1v) is 19.5. The van der Waals surface area contributed by atoms with Crippen LogP contribution in [0.5, 0.6) is 0 Å². The van der Waals surface area contributed by atoms with Crippen molar-refractivity contribution in [3.8, 4) is 0 Å². The van der Waals surface area contributed by atoms with E-state index in [1.165, 1.54) is 36.5 Å². The minimum atomic E-state index is -0.664. The number of ether oxygens (including phenoxy) is 2. The highest BCUT2D eigenvalue weighted by Crippen LogP contribution is 2.42. The number of rotatable bonds is 10. The Bertz CT molecular complexity index is 1720. The first kappa shape index (κ1) is 37.4. The van der Waals surface area contributed by atoms with Crippen molar-refractivity contribution in [1.82, 2.24) is 40.4 Å². The van der Waals surface area contributed by atoms with Crippen molar-refractivity contribution in [3.63, 3.8) is 0 Å². The molecule has 0 bridgehead atoms. The highest BCUT2D eigenvalue weighted by molar-refractivity contribution is 5.87. The Morgan fingerprint density at radius 2 is 1.04 bits per heavy atom. The maximum atomic E-state index is 13.6. The lowest BCUT2D eigenvalue weighted by Crippen LogP contribution is -2.51. The molecular formula is C40H54N8O6. The van der Waals surface area contributed by atoms with Gasteiger partial charge >= 0.3 is 12.2 Å². The molecule has 2 saturated heterocycles. The number of nitrogens with zero attached hydrogens (tertiary/aromatic N) is 4. The number of hydrogen-bond acceptors (Lipinski definition) is 8. The summed E-state index contributed by atoms with van der Waals surface area (Å²) in [5.74, 6) is 1.81. The minimum Gasteiger partial charge on any atom is -0.453 e. The summed E-state index contributed by atoms with van der Waals surface area (Å²) >= 11 is 0. The Balaban J connectivity index is 0.986. The summed E-state index contributed by atoms with van der Waals surface area (Å²) in [6.45, 7) is 8.93. The SMILES string of the molecule is COC(=O)NC(C(=O)N1CCCC1c1ncc(C2Cc3cc4c(cc3C2)CC(c2cnc(C3CCCN3C(=O)C(NC(=O)OC)C(C)C)[nH]2)C4)[nH]1)C(C)C. The van der Waals surface area contributed by atoms with Gasteiger partial charge in [0.1, 0.15) is 23.7 Å². The van der Waals surface area contributed by atoms with Gasteiger partial charge in [0.2, 0.25) is 11.8 Å². The van der Waals surface area contributed by atoms with Gasteiger partial charge in [-0.2, -0.15) is 0 Å². The summed E-state index contributed by atoms with van der Waals surface area (Å²) in [5.41, 5.74) is 7.72. The quantitative estimate of drug-likeness (QED) is 0.225. The van der Waals surface area contributed by atoms with E-state index in [9.17, 15) is 19.2 Å². The summed E-state index contributed by atoms with van der Waals surface area (Å²) < 4.78 is 9.55. The second kappa shape index (κ2) is 15.5. The van der Waals surface area contributed by atoms with E-state index in [0.29, 0.717) is 24.9 Å². The molecule has 2 aliphatic heterocycles. The first-order valence-electron chi connectivity index (χ1n) is 19.5. The van der Waals surface area contributed by atoms with Gasteiger partial charge in [-0.15, -0.1) is 0 Å². The molecule has 290 valence electrons. The number of imidazole rings is 2. The average molecular weight is 743 g/mol. The molecule has 2 fully saturated rings. The zero-order valence-electron chi connectivity index (χ0n) is 32.2. The standard InChI is InChI=1S/C40H54N8O6/c1-21(2)33(45-39(51)53-5)37(49)47-11-7-9-31(47)35-41-19-29(43-35)27-15-23-13-25-17-28(18-26(25)14-24(23)16-27)30-20-42-36(44-30)32-10-8-12-48(32)38(50)34(22(3)4)46-40(52)54-6/h13-14,19-22,27-28,31-34H,7-12,15-18H2,1-6H3,(H,41,43)(H,42,44)(H,45,51)(H,46,52). The summed E-state index contributed by atoms with van der Waals surface area (Å²) in [6.07, 6.45) is 9.80. The maximum absolute atomic E-state index is 13.6. The number of benzene rings is 1. The molecule has 0 spiro atoms. The summed E-state index contributed by atoms with van der Waals surface area (Å²) in [5, 5.41) is 5.44. The molecule has 14 nitrogen and oxygen atoms in total. The topological polar surface area (TPSA) is 175 Å². The van der Waals surface area contributed by atoms with Gasteiger partial charge in [-0.25, -0.2) is 19.6 Å². The number of carbonyl (C=O) groups excluding carboxylic acids is 4. The summed E-state index contributed by atoms with van der Waals surface area (Å²) in [4.78, 5) is 71.6. The number of fused-ring (bicyclic) bond motifs is 2. The van der Waals surface area contributed by atoms with Gasteiger partial charge in [-0.3, -0.25) is 9.59 Å². The van der Waals surface area contributed by atoms with Crippen molar-refractivity contribution in [2.24, 2.45) is 11.8 Å². The van der Waals surface area contributed by atoms with E-state index in [1.54, 1.807) is 0 Å². The fourth-order valence-corrected chi connectivity index (χ4v) is 9.04. The van der Waals surface area contributed by atoms with Crippen molar-refractivity contribution in [2.75, 3.05) is 27.3 Å². The van der Waals surface area contributed by atoms with E-state index in [1.807, 2.05) is 49.9 Å². The normalized spacial score (nSPS) is 21.0. The Hall–Kier alpha value is -4.88. The van der Waals surface area contributed by atoms with E-state index in [2.05, 4.69) is 32.7 Å². The van der Waals surface area contributed by atoms with E-state index < -0.39 is 24.3 Å². The smallest absolute Gasteiger partial charge is 0.407 e. The molecule has 2 aliphatic carbocycles. The number of methoxy groups -OCH3 is 2. The number of aromatic amines is 2. The van der Waals surface area contributed by atoms with Crippen LogP contribution in [0.2, 0.25) is 0 Å². The maximum Gasteiger partial charge on any atom is 0.407 e. The van der Waals surface area contributed by atoms with Crippen LogP contribution >= 0.6 is 0 Å². The van der Waals surface area contributed by atoms with Crippen LogP contribution in [0.1, 0.15) is 123 Å². The van der Waals surface area contributed by atoms with E-state index >= 15 is 0 Å². The van der Waals surface area contributed by atoms with Gasteiger partial charge in [0.15, 0.2) is 0 Å². The molecule has 14 heteroatoms. The van der Waals surface area contributed by atoms with Gasteiger partial charge in [-0.1, -0.05) is 39.8 Å². The summed E-state index contributed by atoms with van der Waals surface area (Å²) in [6, 6.07) is 3.16. The lowest BCUT2D eigenvalue weighted by atomic mass is 10.0. The van der Waals surface area contributed by atoms with E-state index in [0.717, 1.165) is 74.4 Å².